The lowest BCUT2D eigenvalue weighted by atomic mass is 9.76. The van der Waals surface area contributed by atoms with Crippen LogP contribution in [-0.4, -0.2) is 5.78 Å². The van der Waals surface area contributed by atoms with Crippen LogP contribution in [0.5, 0.6) is 0 Å². The Hall–Kier alpha value is -0.850. The molecule has 0 aromatic heterocycles. The molecule has 0 spiro atoms. The highest BCUT2D eigenvalue weighted by atomic mass is 16.1. The van der Waals surface area contributed by atoms with Crippen LogP contribution in [0.3, 0.4) is 0 Å². The Kier molecular flexibility index (Phi) is 3.05. The minimum absolute atomic E-state index is 0.318. The summed E-state index contributed by atoms with van der Waals surface area (Å²) in [6.07, 6.45) is 9.68. The van der Waals surface area contributed by atoms with E-state index in [9.17, 15) is 4.79 Å². The molecule has 0 bridgehead atoms. The van der Waals surface area contributed by atoms with Gasteiger partial charge in [0.1, 0.15) is 0 Å². The number of Topliss-reactive ketones (excluding diaryl/α,β-unsaturated/α-hetero) is 1. The lowest BCUT2D eigenvalue weighted by Crippen LogP contribution is -2.19. The Morgan fingerprint density at radius 3 is 2.69 bits per heavy atom. The summed E-state index contributed by atoms with van der Waals surface area (Å²) < 4.78 is 0. The van der Waals surface area contributed by atoms with Crippen molar-refractivity contribution in [3.05, 3.63) is 23.3 Å². The SMILES string of the molecule is CC1=CCC(C/C=C2/CCCC2=O)C1(C)C. The van der Waals surface area contributed by atoms with Crippen LogP contribution in [0.2, 0.25) is 0 Å². The molecule has 1 nitrogen and oxygen atoms in total. The Labute approximate surface area is 98.6 Å². The molecule has 1 unspecified atom stereocenters. The van der Waals surface area contributed by atoms with Crippen molar-refractivity contribution in [2.45, 2.75) is 52.9 Å². The molecule has 0 aromatic carbocycles. The maximum absolute atomic E-state index is 11.5. The summed E-state index contributed by atoms with van der Waals surface area (Å²) in [6.45, 7) is 6.88. The first-order chi connectivity index (χ1) is 7.51. The number of allylic oxidation sites excluding steroid dienone is 4. The summed E-state index contributed by atoms with van der Waals surface area (Å²) in [6, 6.07) is 0. The van der Waals surface area contributed by atoms with E-state index in [1.807, 2.05) is 0 Å². The Morgan fingerprint density at radius 2 is 2.19 bits per heavy atom. The van der Waals surface area contributed by atoms with E-state index in [1.54, 1.807) is 0 Å². The number of carbonyl (C=O) groups excluding carboxylic acids is 1. The van der Waals surface area contributed by atoms with Crippen LogP contribution in [0.1, 0.15) is 52.9 Å². The third-order valence-electron chi connectivity index (χ3n) is 4.60. The first kappa shape index (κ1) is 11.6. The molecule has 0 aromatic rings. The van der Waals surface area contributed by atoms with Gasteiger partial charge >= 0.3 is 0 Å². The standard InChI is InChI=1S/C15H22O/c1-11-7-9-13(15(11,2)3)10-8-12-5-4-6-14(12)16/h7-8,13H,4-6,9-10H2,1-3H3/b12-8-. The van der Waals surface area contributed by atoms with Crippen molar-refractivity contribution in [3.63, 3.8) is 0 Å². The van der Waals surface area contributed by atoms with E-state index in [0.29, 0.717) is 17.1 Å². The van der Waals surface area contributed by atoms with Gasteiger partial charge in [-0.1, -0.05) is 31.6 Å². The lowest BCUT2D eigenvalue weighted by molar-refractivity contribution is -0.114. The van der Waals surface area contributed by atoms with Crippen molar-refractivity contribution in [2.24, 2.45) is 11.3 Å². The van der Waals surface area contributed by atoms with E-state index in [0.717, 1.165) is 31.3 Å². The van der Waals surface area contributed by atoms with Crippen molar-refractivity contribution in [1.82, 2.24) is 0 Å². The zero-order chi connectivity index (χ0) is 11.8. The molecule has 0 radical (unpaired) electrons. The summed E-state index contributed by atoms with van der Waals surface area (Å²) in [5.74, 6) is 1.08. The first-order valence-electron chi connectivity index (χ1n) is 6.41. The fourth-order valence-electron chi connectivity index (χ4n) is 2.83. The van der Waals surface area contributed by atoms with Gasteiger partial charge in [-0.05, 0) is 49.5 Å². The van der Waals surface area contributed by atoms with Crippen molar-refractivity contribution in [3.8, 4) is 0 Å². The zero-order valence-corrected chi connectivity index (χ0v) is 10.7. The van der Waals surface area contributed by atoms with E-state index in [1.165, 1.54) is 12.0 Å². The van der Waals surface area contributed by atoms with Crippen LogP contribution < -0.4 is 0 Å². The van der Waals surface area contributed by atoms with Gasteiger partial charge in [-0.2, -0.15) is 0 Å². The molecule has 0 heterocycles. The molecular formula is C15H22O. The zero-order valence-electron chi connectivity index (χ0n) is 10.7. The van der Waals surface area contributed by atoms with Gasteiger partial charge in [-0.15, -0.1) is 0 Å². The average Bonchev–Trinajstić information content (AvgIpc) is 2.72. The normalized spacial score (nSPS) is 31.2. The highest BCUT2D eigenvalue weighted by Crippen LogP contribution is 2.45. The smallest absolute Gasteiger partial charge is 0.158 e. The Bertz CT molecular complexity index is 358. The second kappa shape index (κ2) is 4.20. The summed E-state index contributed by atoms with van der Waals surface area (Å²) in [5.41, 5.74) is 2.92. The van der Waals surface area contributed by atoms with Crippen LogP contribution in [0.15, 0.2) is 23.3 Å². The summed E-state index contributed by atoms with van der Waals surface area (Å²) in [7, 11) is 0. The molecule has 16 heavy (non-hydrogen) atoms. The van der Waals surface area contributed by atoms with Crippen LogP contribution in [0, 0.1) is 11.3 Å². The molecule has 0 amide bonds. The van der Waals surface area contributed by atoms with Crippen LogP contribution in [-0.2, 0) is 4.79 Å². The fraction of sp³-hybridized carbons (Fsp3) is 0.667. The number of hydrogen-bond acceptors (Lipinski definition) is 1. The third-order valence-corrected chi connectivity index (χ3v) is 4.60. The molecule has 0 aliphatic heterocycles. The molecule has 0 N–H and O–H groups in total. The molecule has 2 aliphatic rings. The second-order valence-electron chi connectivity index (χ2n) is 5.78. The topological polar surface area (TPSA) is 17.1 Å². The van der Waals surface area contributed by atoms with E-state index in [-0.39, 0.29) is 0 Å². The molecule has 1 atom stereocenters. The average molecular weight is 218 g/mol. The summed E-state index contributed by atoms with van der Waals surface area (Å²) in [5, 5.41) is 0. The van der Waals surface area contributed by atoms with Crippen molar-refractivity contribution in [1.29, 1.82) is 0 Å². The van der Waals surface area contributed by atoms with Crippen LogP contribution in [0.25, 0.3) is 0 Å². The number of rotatable bonds is 2. The molecule has 88 valence electrons. The fourth-order valence-corrected chi connectivity index (χ4v) is 2.83. The Morgan fingerprint density at radius 1 is 1.44 bits per heavy atom. The highest BCUT2D eigenvalue weighted by Gasteiger charge is 2.34. The van der Waals surface area contributed by atoms with Gasteiger partial charge in [0.15, 0.2) is 5.78 Å². The van der Waals surface area contributed by atoms with Crippen molar-refractivity contribution >= 4 is 5.78 Å². The van der Waals surface area contributed by atoms with E-state index in [2.05, 4.69) is 32.9 Å². The van der Waals surface area contributed by atoms with Gasteiger partial charge < -0.3 is 0 Å². The van der Waals surface area contributed by atoms with E-state index in [4.69, 9.17) is 0 Å². The van der Waals surface area contributed by atoms with E-state index < -0.39 is 0 Å². The predicted molar refractivity (Wildman–Crippen MR) is 67.2 cm³/mol. The minimum atomic E-state index is 0.318. The molecule has 2 aliphatic carbocycles. The first-order valence-corrected chi connectivity index (χ1v) is 6.41. The quantitative estimate of drug-likeness (QED) is 0.505. The van der Waals surface area contributed by atoms with Gasteiger partial charge in [-0.3, -0.25) is 4.79 Å². The van der Waals surface area contributed by atoms with Gasteiger partial charge in [0, 0.05) is 6.42 Å². The number of hydrogen-bond donors (Lipinski definition) is 0. The minimum Gasteiger partial charge on any atom is -0.295 e. The lowest BCUT2D eigenvalue weighted by Gasteiger charge is -2.29. The molecule has 0 saturated heterocycles. The second-order valence-corrected chi connectivity index (χ2v) is 5.78. The summed E-state index contributed by atoms with van der Waals surface area (Å²) >= 11 is 0. The van der Waals surface area contributed by atoms with Gasteiger partial charge in [0.25, 0.3) is 0 Å². The van der Waals surface area contributed by atoms with Crippen LogP contribution in [0.4, 0.5) is 0 Å². The molecule has 1 fully saturated rings. The highest BCUT2D eigenvalue weighted by molar-refractivity contribution is 5.97. The van der Waals surface area contributed by atoms with Crippen LogP contribution >= 0.6 is 0 Å². The predicted octanol–water partition coefficient (Wildman–Crippen LogP) is 4.05. The van der Waals surface area contributed by atoms with E-state index >= 15 is 0 Å². The largest absolute Gasteiger partial charge is 0.295 e. The number of carbonyl (C=O) groups is 1. The van der Waals surface area contributed by atoms with Crippen molar-refractivity contribution < 1.29 is 4.79 Å². The molecule has 1 heteroatoms. The monoisotopic (exact) mass is 218 g/mol. The maximum atomic E-state index is 11.5. The van der Waals surface area contributed by atoms with Gasteiger partial charge in [0.05, 0.1) is 0 Å². The third kappa shape index (κ3) is 2.00. The molecule has 2 rings (SSSR count). The molecular weight excluding hydrogens is 196 g/mol. The van der Waals surface area contributed by atoms with Gasteiger partial charge in [-0.25, -0.2) is 0 Å². The Balaban J connectivity index is 2.00. The molecule has 1 saturated carbocycles. The van der Waals surface area contributed by atoms with Crippen molar-refractivity contribution in [2.75, 3.05) is 0 Å². The maximum Gasteiger partial charge on any atom is 0.158 e. The van der Waals surface area contributed by atoms with Gasteiger partial charge in [0.2, 0.25) is 0 Å². The summed E-state index contributed by atoms with van der Waals surface area (Å²) in [4.78, 5) is 11.5. The number of ketones is 1.